The van der Waals surface area contributed by atoms with Crippen molar-refractivity contribution < 1.29 is 9.21 Å². The highest BCUT2D eigenvalue weighted by atomic mass is 16.3. The minimum Gasteiger partial charge on any atom is -0.460 e. The maximum absolute atomic E-state index is 11.7. The molecule has 23 heavy (non-hydrogen) atoms. The van der Waals surface area contributed by atoms with Crippen LogP contribution in [-0.2, 0) is 4.79 Å². The fourth-order valence-corrected chi connectivity index (χ4v) is 2.48. The van der Waals surface area contributed by atoms with E-state index in [4.69, 9.17) is 4.42 Å². The summed E-state index contributed by atoms with van der Waals surface area (Å²) in [7, 11) is 0. The van der Waals surface area contributed by atoms with Gasteiger partial charge in [-0.3, -0.25) is 4.79 Å². The van der Waals surface area contributed by atoms with Gasteiger partial charge < -0.3 is 4.42 Å². The largest absolute Gasteiger partial charge is 0.460 e. The molecule has 1 rings (SSSR count). The van der Waals surface area contributed by atoms with Gasteiger partial charge in [-0.2, -0.15) is 5.10 Å². The Balaban J connectivity index is 2.04. The van der Waals surface area contributed by atoms with Crippen molar-refractivity contribution in [1.29, 1.82) is 0 Å². The molecular weight excluding hydrogens is 288 g/mol. The van der Waals surface area contributed by atoms with Crippen LogP contribution in [0.5, 0.6) is 0 Å². The lowest BCUT2D eigenvalue weighted by Gasteiger charge is -2.03. The van der Waals surface area contributed by atoms with E-state index >= 15 is 0 Å². The van der Waals surface area contributed by atoms with E-state index in [9.17, 15) is 4.79 Å². The Bertz CT molecular complexity index is 477. The van der Waals surface area contributed by atoms with Crippen molar-refractivity contribution in [3.05, 3.63) is 23.7 Å². The van der Waals surface area contributed by atoms with Gasteiger partial charge in [-0.1, -0.05) is 58.3 Å². The van der Waals surface area contributed by atoms with Crippen LogP contribution in [-0.4, -0.2) is 11.6 Å². The molecule has 4 heteroatoms. The van der Waals surface area contributed by atoms with E-state index in [0.29, 0.717) is 17.9 Å². The molecule has 1 aromatic rings. The van der Waals surface area contributed by atoms with Crippen LogP contribution in [0, 0.1) is 6.92 Å². The molecule has 1 aromatic heterocycles. The summed E-state index contributed by atoms with van der Waals surface area (Å²) < 4.78 is 5.46. The first kappa shape index (κ1) is 19.5. The lowest BCUT2D eigenvalue weighted by atomic mass is 10.1. The molecule has 4 nitrogen and oxygen atoms in total. The smallest absolute Gasteiger partial charge is 0.240 e. The van der Waals surface area contributed by atoms with Gasteiger partial charge in [-0.25, -0.2) is 5.43 Å². The van der Waals surface area contributed by atoms with E-state index in [0.717, 1.165) is 18.6 Å². The summed E-state index contributed by atoms with van der Waals surface area (Å²) >= 11 is 0. The number of hydrogen-bond acceptors (Lipinski definition) is 3. The standard InChI is InChI=1S/C19H32N2O2/c1-4-5-6-7-8-9-10-11-12-13-19(22)21-20-17(3)18-15-14-16(2)23-18/h14-15H,4-13H2,1-3H3,(H,21,22). The second-order valence-corrected chi connectivity index (χ2v) is 6.22. The number of nitrogens with zero attached hydrogens (tertiary/aromatic N) is 1. The third-order valence-corrected chi connectivity index (χ3v) is 3.95. The summed E-state index contributed by atoms with van der Waals surface area (Å²) in [6.07, 6.45) is 11.8. The minimum atomic E-state index is -0.0180. The van der Waals surface area contributed by atoms with Crippen LogP contribution in [0.25, 0.3) is 0 Å². The average Bonchev–Trinajstić information content (AvgIpc) is 2.97. The van der Waals surface area contributed by atoms with Crippen LogP contribution < -0.4 is 5.43 Å². The zero-order valence-electron chi connectivity index (χ0n) is 15.0. The first-order chi connectivity index (χ1) is 11.1. The normalized spacial score (nSPS) is 11.7. The van der Waals surface area contributed by atoms with Gasteiger partial charge in [-0.05, 0) is 32.4 Å². The van der Waals surface area contributed by atoms with Gasteiger partial charge in [0, 0.05) is 6.42 Å². The highest BCUT2D eigenvalue weighted by molar-refractivity contribution is 5.96. The predicted molar refractivity (Wildman–Crippen MR) is 95.6 cm³/mol. The predicted octanol–water partition coefficient (Wildman–Crippen LogP) is 5.35. The van der Waals surface area contributed by atoms with Crippen molar-refractivity contribution in [2.45, 2.75) is 85.0 Å². The van der Waals surface area contributed by atoms with Crippen LogP contribution >= 0.6 is 0 Å². The highest BCUT2D eigenvalue weighted by Crippen LogP contribution is 2.10. The van der Waals surface area contributed by atoms with E-state index in [1.54, 1.807) is 0 Å². The van der Waals surface area contributed by atoms with Gasteiger partial charge in [0.1, 0.15) is 17.2 Å². The minimum absolute atomic E-state index is 0.0180. The van der Waals surface area contributed by atoms with Crippen molar-refractivity contribution in [2.24, 2.45) is 5.10 Å². The Morgan fingerprint density at radius 3 is 2.22 bits per heavy atom. The van der Waals surface area contributed by atoms with Crippen molar-refractivity contribution in [1.82, 2.24) is 5.43 Å². The van der Waals surface area contributed by atoms with Gasteiger partial charge >= 0.3 is 0 Å². The molecule has 0 fully saturated rings. The Morgan fingerprint density at radius 2 is 1.65 bits per heavy atom. The third-order valence-electron chi connectivity index (χ3n) is 3.95. The molecule has 0 aliphatic rings. The fourth-order valence-electron chi connectivity index (χ4n) is 2.48. The van der Waals surface area contributed by atoms with E-state index in [2.05, 4.69) is 17.5 Å². The van der Waals surface area contributed by atoms with Gasteiger partial charge in [0.05, 0.1) is 0 Å². The van der Waals surface area contributed by atoms with Gasteiger partial charge in [0.15, 0.2) is 0 Å². The molecule has 0 aliphatic carbocycles. The van der Waals surface area contributed by atoms with Gasteiger partial charge in [-0.15, -0.1) is 0 Å². The van der Waals surface area contributed by atoms with Crippen LogP contribution in [0.3, 0.4) is 0 Å². The third kappa shape index (κ3) is 9.22. The van der Waals surface area contributed by atoms with Crippen LogP contribution in [0.15, 0.2) is 21.7 Å². The molecule has 0 saturated carbocycles. The van der Waals surface area contributed by atoms with Crippen LogP contribution in [0.4, 0.5) is 0 Å². The first-order valence-electron chi connectivity index (χ1n) is 9.03. The maximum Gasteiger partial charge on any atom is 0.240 e. The SMILES string of the molecule is CCCCCCCCCCCC(=O)NN=C(C)c1ccc(C)o1. The number of hydrazone groups is 1. The zero-order chi connectivity index (χ0) is 16.9. The molecule has 0 spiro atoms. The lowest BCUT2D eigenvalue weighted by Crippen LogP contribution is -2.18. The number of furan rings is 1. The zero-order valence-corrected chi connectivity index (χ0v) is 15.0. The fraction of sp³-hybridized carbons (Fsp3) is 0.684. The summed E-state index contributed by atoms with van der Waals surface area (Å²) in [5.41, 5.74) is 3.30. The van der Waals surface area contributed by atoms with Crippen molar-refractivity contribution in [3.63, 3.8) is 0 Å². The number of hydrogen-bond donors (Lipinski definition) is 1. The van der Waals surface area contributed by atoms with Crippen molar-refractivity contribution in [3.8, 4) is 0 Å². The second-order valence-electron chi connectivity index (χ2n) is 6.22. The number of unbranched alkanes of at least 4 members (excludes halogenated alkanes) is 8. The van der Waals surface area contributed by atoms with Crippen LogP contribution in [0.2, 0.25) is 0 Å². The topological polar surface area (TPSA) is 54.6 Å². The highest BCUT2D eigenvalue weighted by Gasteiger charge is 2.04. The summed E-state index contributed by atoms with van der Waals surface area (Å²) in [5, 5.41) is 4.09. The number of nitrogens with one attached hydrogen (secondary N) is 1. The molecule has 0 aromatic carbocycles. The number of carbonyl (C=O) groups excluding carboxylic acids is 1. The molecule has 0 atom stereocenters. The molecule has 0 unspecified atom stereocenters. The molecular formula is C19H32N2O2. The monoisotopic (exact) mass is 320 g/mol. The molecule has 0 radical (unpaired) electrons. The summed E-state index contributed by atoms with van der Waals surface area (Å²) in [6.45, 7) is 5.96. The van der Waals surface area contributed by atoms with Gasteiger partial charge in [0.25, 0.3) is 0 Å². The molecule has 130 valence electrons. The number of aryl methyl sites for hydroxylation is 1. The average molecular weight is 320 g/mol. The Kier molecular flexibility index (Phi) is 10.1. The molecule has 0 aliphatic heterocycles. The summed E-state index contributed by atoms with van der Waals surface area (Å²) in [5.74, 6) is 1.53. The Morgan fingerprint density at radius 1 is 1.04 bits per heavy atom. The molecule has 0 saturated heterocycles. The van der Waals surface area contributed by atoms with E-state index < -0.39 is 0 Å². The van der Waals surface area contributed by atoms with Crippen molar-refractivity contribution in [2.75, 3.05) is 0 Å². The maximum atomic E-state index is 11.7. The van der Waals surface area contributed by atoms with E-state index in [-0.39, 0.29) is 5.91 Å². The molecule has 1 heterocycles. The van der Waals surface area contributed by atoms with Gasteiger partial charge in [0.2, 0.25) is 5.91 Å². The first-order valence-corrected chi connectivity index (χ1v) is 9.03. The van der Waals surface area contributed by atoms with Crippen molar-refractivity contribution >= 4 is 11.6 Å². The Labute approximate surface area is 140 Å². The summed E-state index contributed by atoms with van der Waals surface area (Å²) in [4.78, 5) is 11.7. The van der Waals surface area contributed by atoms with E-state index in [1.165, 1.54) is 44.9 Å². The molecule has 0 bridgehead atoms. The number of amides is 1. The van der Waals surface area contributed by atoms with Crippen LogP contribution in [0.1, 0.15) is 89.6 Å². The molecule has 1 N–H and O–H groups in total. The quantitative estimate of drug-likeness (QED) is 0.321. The number of rotatable bonds is 12. The van der Waals surface area contributed by atoms with E-state index in [1.807, 2.05) is 26.0 Å². The summed E-state index contributed by atoms with van der Waals surface area (Å²) in [6, 6.07) is 3.75. The molecule has 1 amide bonds. The number of carbonyl (C=O) groups is 1. The second kappa shape index (κ2) is 11.9. The lowest BCUT2D eigenvalue weighted by molar-refractivity contribution is -0.121. The Hall–Kier alpha value is -1.58.